The molecule has 3 heteroatoms. The summed E-state index contributed by atoms with van der Waals surface area (Å²) in [7, 11) is 2.02. The third kappa shape index (κ3) is 2.71. The Morgan fingerprint density at radius 2 is 2.05 bits per heavy atom. The number of nitrogens with one attached hydrogen (secondary N) is 1. The van der Waals surface area contributed by atoms with Gasteiger partial charge in [-0.25, -0.2) is 0 Å². The highest BCUT2D eigenvalue weighted by molar-refractivity contribution is 5.44. The molecule has 1 aromatic rings. The number of fused-ring (bicyclic) bond motifs is 1. The van der Waals surface area contributed by atoms with Crippen molar-refractivity contribution in [2.24, 2.45) is 0 Å². The fourth-order valence-electron chi connectivity index (χ4n) is 2.84. The van der Waals surface area contributed by atoms with E-state index in [-0.39, 0.29) is 5.60 Å². The Labute approximate surface area is 116 Å². The number of rotatable bonds is 5. The minimum Gasteiger partial charge on any atom is -0.494 e. The number of hydrogen-bond acceptors (Lipinski definition) is 3. The lowest BCUT2D eigenvalue weighted by Gasteiger charge is -2.41. The minimum atomic E-state index is -0.0501. The van der Waals surface area contributed by atoms with Crippen LogP contribution in [0.25, 0.3) is 0 Å². The molecule has 0 aromatic heterocycles. The van der Waals surface area contributed by atoms with Crippen LogP contribution in [0.5, 0.6) is 11.5 Å². The van der Waals surface area contributed by atoms with Crippen molar-refractivity contribution in [3.63, 3.8) is 0 Å². The first-order chi connectivity index (χ1) is 9.18. The molecule has 1 N–H and O–H groups in total. The van der Waals surface area contributed by atoms with Crippen LogP contribution in [-0.4, -0.2) is 19.3 Å². The lowest BCUT2D eigenvalue weighted by molar-refractivity contribution is 0.0236. The molecule has 0 amide bonds. The summed E-state index contributed by atoms with van der Waals surface area (Å²) in [5.74, 6) is 1.86. The van der Waals surface area contributed by atoms with Crippen LogP contribution in [0.4, 0.5) is 0 Å². The fourth-order valence-corrected chi connectivity index (χ4v) is 2.84. The Hall–Kier alpha value is -1.22. The molecule has 0 saturated carbocycles. The van der Waals surface area contributed by atoms with E-state index in [2.05, 4.69) is 25.2 Å². The van der Waals surface area contributed by atoms with Gasteiger partial charge in [0.1, 0.15) is 17.1 Å². The van der Waals surface area contributed by atoms with Crippen molar-refractivity contribution in [1.29, 1.82) is 0 Å². The van der Waals surface area contributed by atoms with Gasteiger partial charge >= 0.3 is 0 Å². The highest BCUT2D eigenvalue weighted by Gasteiger charge is 2.37. The van der Waals surface area contributed by atoms with Crippen LogP contribution in [-0.2, 0) is 0 Å². The van der Waals surface area contributed by atoms with Crippen molar-refractivity contribution in [3.05, 3.63) is 23.8 Å². The number of hydrogen-bond donors (Lipinski definition) is 1. The average Bonchev–Trinajstić information content (AvgIpc) is 2.46. The van der Waals surface area contributed by atoms with Gasteiger partial charge in [-0.15, -0.1) is 0 Å². The van der Waals surface area contributed by atoms with E-state index in [1.54, 1.807) is 0 Å². The van der Waals surface area contributed by atoms with E-state index in [9.17, 15) is 0 Å². The number of ether oxygens (including phenoxy) is 2. The van der Waals surface area contributed by atoms with Crippen molar-refractivity contribution in [1.82, 2.24) is 5.32 Å². The first-order valence-corrected chi connectivity index (χ1v) is 7.31. The molecule has 1 atom stereocenters. The second-order valence-corrected chi connectivity index (χ2v) is 5.17. The van der Waals surface area contributed by atoms with Crippen LogP contribution >= 0.6 is 0 Å². The normalized spacial score (nSPS) is 20.5. The van der Waals surface area contributed by atoms with Gasteiger partial charge in [-0.1, -0.05) is 19.9 Å². The zero-order chi connectivity index (χ0) is 13.9. The molecule has 0 bridgehead atoms. The molecule has 0 aliphatic carbocycles. The first-order valence-electron chi connectivity index (χ1n) is 7.31. The van der Waals surface area contributed by atoms with Gasteiger partial charge in [0, 0.05) is 24.1 Å². The molecule has 106 valence electrons. The van der Waals surface area contributed by atoms with Crippen LogP contribution in [0, 0.1) is 0 Å². The van der Waals surface area contributed by atoms with E-state index in [0.717, 1.165) is 30.8 Å². The van der Waals surface area contributed by atoms with Gasteiger partial charge in [-0.2, -0.15) is 0 Å². The molecule has 0 fully saturated rings. The van der Waals surface area contributed by atoms with Gasteiger partial charge in [0.15, 0.2) is 0 Å². The fraction of sp³-hybridized carbons (Fsp3) is 0.625. The average molecular weight is 263 g/mol. The molecule has 0 saturated heterocycles. The van der Waals surface area contributed by atoms with E-state index < -0.39 is 0 Å². The Bertz CT molecular complexity index is 427. The van der Waals surface area contributed by atoms with Crippen molar-refractivity contribution in [3.8, 4) is 11.5 Å². The summed E-state index contributed by atoms with van der Waals surface area (Å²) in [5.41, 5.74) is 1.19. The Morgan fingerprint density at radius 1 is 1.32 bits per heavy atom. The maximum absolute atomic E-state index is 6.32. The number of benzene rings is 1. The molecular formula is C16H25NO2. The molecular weight excluding hydrogens is 238 g/mol. The van der Waals surface area contributed by atoms with E-state index in [1.807, 2.05) is 26.1 Å². The molecule has 1 aromatic carbocycles. The van der Waals surface area contributed by atoms with E-state index in [0.29, 0.717) is 12.6 Å². The van der Waals surface area contributed by atoms with Crippen molar-refractivity contribution >= 4 is 0 Å². The molecule has 1 heterocycles. The molecule has 3 nitrogen and oxygen atoms in total. The summed E-state index contributed by atoms with van der Waals surface area (Å²) in [6.45, 7) is 7.08. The van der Waals surface area contributed by atoms with Gasteiger partial charge < -0.3 is 14.8 Å². The second kappa shape index (κ2) is 5.83. The first kappa shape index (κ1) is 14.2. The second-order valence-electron chi connectivity index (χ2n) is 5.17. The quantitative estimate of drug-likeness (QED) is 0.879. The summed E-state index contributed by atoms with van der Waals surface area (Å²) < 4.78 is 11.9. The third-order valence-electron chi connectivity index (χ3n) is 4.21. The molecule has 0 spiro atoms. The highest BCUT2D eigenvalue weighted by Crippen LogP contribution is 2.43. The largest absolute Gasteiger partial charge is 0.494 e. The smallest absolute Gasteiger partial charge is 0.128 e. The summed E-state index contributed by atoms with van der Waals surface area (Å²) in [6.07, 6.45) is 3.08. The predicted molar refractivity (Wildman–Crippen MR) is 78.0 cm³/mol. The SMILES string of the molecule is CCOc1ccc2c(c1)OC(CC)(CC)CC2NC. The Balaban J connectivity index is 2.37. The van der Waals surface area contributed by atoms with Crippen LogP contribution < -0.4 is 14.8 Å². The lowest BCUT2D eigenvalue weighted by atomic mass is 9.83. The van der Waals surface area contributed by atoms with Gasteiger partial charge in [0.05, 0.1) is 6.61 Å². The van der Waals surface area contributed by atoms with Crippen LogP contribution in [0.3, 0.4) is 0 Å². The molecule has 1 unspecified atom stereocenters. The topological polar surface area (TPSA) is 30.5 Å². The van der Waals surface area contributed by atoms with E-state index in [1.165, 1.54) is 5.56 Å². The standard InChI is InChI=1S/C16H25NO2/c1-5-16(6-2)11-14(17-4)13-9-8-12(18-7-3)10-15(13)19-16/h8-10,14,17H,5-7,11H2,1-4H3. The van der Waals surface area contributed by atoms with Crippen LogP contribution in [0.15, 0.2) is 18.2 Å². The van der Waals surface area contributed by atoms with Crippen molar-refractivity contribution in [2.45, 2.75) is 51.7 Å². The van der Waals surface area contributed by atoms with E-state index >= 15 is 0 Å². The minimum absolute atomic E-state index is 0.0501. The molecule has 1 aliphatic rings. The lowest BCUT2D eigenvalue weighted by Crippen LogP contribution is -2.42. The van der Waals surface area contributed by atoms with Crippen LogP contribution in [0.1, 0.15) is 51.6 Å². The maximum atomic E-state index is 6.32. The third-order valence-corrected chi connectivity index (χ3v) is 4.21. The zero-order valence-electron chi connectivity index (χ0n) is 12.5. The van der Waals surface area contributed by atoms with Crippen molar-refractivity contribution in [2.75, 3.05) is 13.7 Å². The highest BCUT2D eigenvalue weighted by atomic mass is 16.5. The van der Waals surface area contributed by atoms with Gasteiger partial charge in [0.2, 0.25) is 0 Å². The van der Waals surface area contributed by atoms with E-state index in [4.69, 9.17) is 9.47 Å². The summed E-state index contributed by atoms with van der Waals surface area (Å²) in [4.78, 5) is 0. The molecule has 0 radical (unpaired) electrons. The van der Waals surface area contributed by atoms with Gasteiger partial charge in [0.25, 0.3) is 0 Å². The maximum Gasteiger partial charge on any atom is 0.128 e. The zero-order valence-corrected chi connectivity index (χ0v) is 12.5. The predicted octanol–water partition coefficient (Wildman–Crippen LogP) is 3.69. The Kier molecular flexibility index (Phi) is 4.35. The van der Waals surface area contributed by atoms with Gasteiger partial charge in [-0.05, 0) is 32.9 Å². The summed E-state index contributed by atoms with van der Waals surface area (Å²) >= 11 is 0. The molecule has 1 aliphatic heterocycles. The summed E-state index contributed by atoms with van der Waals surface area (Å²) in [6, 6.07) is 6.54. The van der Waals surface area contributed by atoms with Crippen LogP contribution in [0.2, 0.25) is 0 Å². The monoisotopic (exact) mass is 263 g/mol. The summed E-state index contributed by atoms with van der Waals surface area (Å²) in [5, 5.41) is 3.41. The Morgan fingerprint density at radius 3 is 2.63 bits per heavy atom. The molecule has 2 rings (SSSR count). The molecule has 19 heavy (non-hydrogen) atoms. The van der Waals surface area contributed by atoms with Crippen molar-refractivity contribution < 1.29 is 9.47 Å². The van der Waals surface area contributed by atoms with Gasteiger partial charge in [-0.3, -0.25) is 0 Å².